The van der Waals surface area contributed by atoms with Crippen LogP contribution in [0.25, 0.3) is 0 Å². The highest BCUT2D eigenvalue weighted by Crippen LogP contribution is 2.16. The van der Waals surface area contributed by atoms with E-state index < -0.39 is 11.9 Å². The third kappa shape index (κ3) is 5.02. The molecule has 0 aliphatic heterocycles. The van der Waals surface area contributed by atoms with Gasteiger partial charge in [-0.2, -0.15) is 5.10 Å². The highest BCUT2D eigenvalue weighted by atomic mass is 16.5. The number of hydrazone groups is 1. The standard InChI is InChI=1S/C15H18N2O5/c1-21-14(19)11-7-3-4-8-12(11)16-17-13(15(20)22-2)9-5-6-10-18/h3-8,16,18H,9-10H2,1-2H3/b6-5+,17-13+. The molecule has 0 spiro atoms. The summed E-state index contributed by atoms with van der Waals surface area (Å²) in [5, 5.41) is 12.7. The number of nitrogens with zero attached hydrogens (tertiary/aromatic N) is 1. The normalized spacial score (nSPS) is 11.3. The summed E-state index contributed by atoms with van der Waals surface area (Å²) in [4.78, 5) is 23.3. The third-order valence-electron chi connectivity index (χ3n) is 2.65. The number of aliphatic hydroxyl groups excluding tert-OH is 1. The Morgan fingerprint density at radius 2 is 1.95 bits per heavy atom. The summed E-state index contributed by atoms with van der Waals surface area (Å²) < 4.78 is 9.31. The number of esters is 2. The number of ether oxygens (including phenoxy) is 2. The molecule has 1 aromatic rings. The molecule has 0 saturated heterocycles. The number of hydrogen-bond donors (Lipinski definition) is 2. The lowest BCUT2D eigenvalue weighted by Crippen LogP contribution is -2.17. The van der Waals surface area contributed by atoms with Gasteiger partial charge in [0, 0.05) is 6.42 Å². The van der Waals surface area contributed by atoms with E-state index in [4.69, 9.17) is 5.11 Å². The van der Waals surface area contributed by atoms with Crippen molar-refractivity contribution in [2.24, 2.45) is 5.10 Å². The highest BCUT2D eigenvalue weighted by Gasteiger charge is 2.13. The molecule has 0 aromatic heterocycles. The van der Waals surface area contributed by atoms with Gasteiger partial charge >= 0.3 is 11.9 Å². The molecule has 0 aliphatic rings. The molecule has 2 N–H and O–H groups in total. The molecule has 7 nitrogen and oxygen atoms in total. The number of hydrogen-bond acceptors (Lipinski definition) is 7. The zero-order chi connectivity index (χ0) is 16.4. The molecular formula is C15H18N2O5. The van der Waals surface area contributed by atoms with Crippen LogP contribution in [0.1, 0.15) is 16.8 Å². The molecule has 0 aliphatic carbocycles. The maximum absolute atomic E-state index is 11.6. The number of carbonyl (C=O) groups is 2. The van der Waals surface area contributed by atoms with Gasteiger partial charge < -0.3 is 14.6 Å². The first kappa shape index (κ1) is 17.4. The molecule has 0 atom stereocenters. The third-order valence-corrected chi connectivity index (χ3v) is 2.65. The van der Waals surface area contributed by atoms with Crippen molar-refractivity contribution in [1.29, 1.82) is 0 Å². The Labute approximate surface area is 128 Å². The van der Waals surface area contributed by atoms with Crippen LogP contribution in [0.2, 0.25) is 0 Å². The Morgan fingerprint density at radius 3 is 2.59 bits per heavy atom. The van der Waals surface area contributed by atoms with Crippen molar-refractivity contribution in [3.05, 3.63) is 42.0 Å². The Morgan fingerprint density at radius 1 is 1.23 bits per heavy atom. The summed E-state index contributed by atoms with van der Waals surface area (Å²) in [6, 6.07) is 6.61. The van der Waals surface area contributed by atoms with Crippen LogP contribution in [-0.4, -0.2) is 43.6 Å². The van der Waals surface area contributed by atoms with E-state index in [-0.39, 0.29) is 18.7 Å². The summed E-state index contributed by atoms with van der Waals surface area (Å²) >= 11 is 0. The predicted molar refractivity (Wildman–Crippen MR) is 81.7 cm³/mol. The monoisotopic (exact) mass is 306 g/mol. The van der Waals surface area contributed by atoms with Crippen LogP contribution in [0.4, 0.5) is 5.69 Å². The number of aliphatic hydroxyl groups is 1. The van der Waals surface area contributed by atoms with Crippen molar-refractivity contribution in [1.82, 2.24) is 0 Å². The number of methoxy groups -OCH3 is 2. The van der Waals surface area contributed by atoms with Crippen LogP contribution in [-0.2, 0) is 14.3 Å². The number of allylic oxidation sites excluding steroid dienone is 1. The first-order valence-electron chi connectivity index (χ1n) is 6.48. The summed E-state index contributed by atoms with van der Waals surface area (Å²) in [6.45, 7) is -0.132. The fraction of sp³-hybridized carbons (Fsp3) is 0.267. The van der Waals surface area contributed by atoms with E-state index in [0.717, 1.165) is 0 Å². The topological polar surface area (TPSA) is 97.2 Å². The maximum Gasteiger partial charge on any atom is 0.354 e. The molecule has 0 radical (unpaired) electrons. The van der Waals surface area contributed by atoms with E-state index in [0.29, 0.717) is 11.3 Å². The van der Waals surface area contributed by atoms with Gasteiger partial charge in [0.2, 0.25) is 0 Å². The summed E-state index contributed by atoms with van der Waals surface area (Å²) in [6.07, 6.45) is 3.26. The summed E-state index contributed by atoms with van der Waals surface area (Å²) in [5.41, 5.74) is 3.46. The molecule has 1 aromatic carbocycles. The van der Waals surface area contributed by atoms with E-state index in [1.807, 2.05) is 0 Å². The second kappa shape index (κ2) is 9.30. The molecule has 0 unspecified atom stereocenters. The van der Waals surface area contributed by atoms with Gasteiger partial charge in [-0.25, -0.2) is 9.59 Å². The molecule has 22 heavy (non-hydrogen) atoms. The lowest BCUT2D eigenvalue weighted by Gasteiger charge is -2.08. The van der Waals surface area contributed by atoms with Crippen molar-refractivity contribution >= 4 is 23.3 Å². The fourth-order valence-corrected chi connectivity index (χ4v) is 1.56. The number of para-hydroxylation sites is 1. The molecule has 0 heterocycles. The lowest BCUT2D eigenvalue weighted by molar-refractivity contribution is -0.132. The minimum Gasteiger partial charge on any atom is -0.465 e. The average Bonchev–Trinajstić information content (AvgIpc) is 2.56. The van der Waals surface area contributed by atoms with Crippen LogP contribution in [0.3, 0.4) is 0 Å². The van der Waals surface area contributed by atoms with Crippen LogP contribution in [0.15, 0.2) is 41.5 Å². The smallest absolute Gasteiger partial charge is 0.354 e. The van der Waals surface area contributed by atoms with Crippen LogP contribution < -0.4 is 5.43 Å². The second-order valence-corrected chi connectivity index (χ2v) is 4.06. The first-order chi connectivity index (χ1) is 10.6. The van der Waals surface area contributed by atoms with Gasteiger partial charge in [-0.15, -0.1) is 0 Å². The minimum absolute atomic E-state index is 0.104. The number of nitrogens with one attached hydrogen (secondary N) is 1. The van der Waals surface area contributed by atoms with E-state index in [1.165, 1.54) is 20.3 Å². The summed E-state index contributed by atoms with van der Waals surface area (Å²) in [7, 11) is 2.53. The highest BCUT2D eigenvalue weighted by molar-refractivity contribution is 6.36. The molecule has 118 valence electrons. The quantitative estimate of drug-likeness (QED) is 0.341. The molecule has 7 heteroatoms. The first-order valence-corrected chi connectivity index (χ1v) is 6.48. The maximum atomic E-state index is 11.6. The van der Waals surface area contributed by atoms with E-state index in [2.05, 4.69) is 20.0 Å². The Balaban J connectivity index is 2.97. The van der Waals surface area contributed by atoms with Crippen molar-refractivity contribution in [2.45, 2.75) is 6.42 Å². The zero-order valence-electron chi connectivity index (χ0n) is 12.4. The van der Waals surface area contributed by atoms with Gasteiger partial charge in [0.15, 0.2) is 0 Å². The second-order valence-electron chi connectivity index (χ2n) is 4.06. The molecule has 0 bridgehead atoms. The Kier molecular flexibility index (Phi) is 7.35. The largest absolute Gasteiger partial charge is 0.465 e. The summed E-state index contributed by atoms with van der Waals surface area (Å²) in [5.74, 6) is -1.12. The minimum atomic E-state index is -0.606. The fourth-order valence-electron chi connectivity index (χ4n) is 1.56. The van der Waals surface area contributed by atoms with Crippen molar-refractivity contribution in [2.75, 3.05) is 26.3 Å². The van der Waals surface area contributed by atoms with Crippen molar-refractivity contribution in [3.63, 3.8) is 0 Å². The number of rotatable bonds is 7. The molecular weight excluding hydrogens is 288 g/mol. The molecule has 0 saturated carbocycles. The molecule has 1 rings (SSSR count). The van der Waals surface area contributed by atoms with E-state index in [1.54, 1.807) is 30.3 Å². The van der Waals surface area contributed by atoms with Gasteiger partial charge in [-0.1, -0.05) is 24.3 Å². The lowest BCUT2D eigenvalue weighted by atomic mass is 10.2. The SMILES string of the molecule is COC(=O)/C(C/C=C/CO)=N/Nc1ccccc1C(=O)OC. The Hall–Kier alpha value is -2.67. The van der Waals surface area contributed by atoms with E-state index >= 15 is 0 Å². The van der Waals surface area contributed by atoms with Gasteiger partial charge in [0.1, 0.15) is 5.71 Å². The van der Waals surface area contributed by atoms with Gasteiger partial charge in [0.05, 0.1) is 32.1 Å². The van der Waals surface area contributed by atoms with E-state index in [9.17, 15) is 9.59 Å². The zero-order valence-corrected chi connectivity index (χ0v) is 12.4. The molecule has 0 amide bonds. The predicted octanol–water partition coefficient (Wildman–Crippen LogP) is 1.35. The number of anilines is 1. The van der Waals surface area contributed by atoms with Gasteiger partial charge in [-0.05, 0) is 12.1 Å². The molecule has 0 fully saturated rings. The van der Waals surface area contributed by atoms with Crippen LogP contribution in [0.5, 0.6) is 0 Å². The van der Waals surface area contributed by atoms with Gasteiger partial charge in [-0.3, -0.25) is 5.43 Å². The van der Waals surface area contributed by atoms with Crippen molar-refractivity contribution < 1.29 is 24.2 Å². The van der Waals surface area contributed by atoms with Crippen LogP contribution in [0, 0.1) is 0 Å². The van der Waals surface area contributed by atoms with Crippen molar-refractivity contribution in [3.8, 4) is 0 Å². The Bertz CT molecular complexity index is 581. The van der Waals surface area contributed by atoms with Crippen LogP contribution >= 0.6 is 0 Å². The number of benzene rings is 1. The van der Waals surface area contributed by atoms with Gasteiger partial charge in [0.25, 0.3) is 0 Å². The average molecular weight is 306 g/mol. The number of carbonyl (C=O) groups excluding carboxylic acids is 2.